The van der Waals surface area contributed by atoms with Crippen LogP contribution in [0.2, 0.25) is 0 Å². The topological polar surface area (TPSA) is 102 Å². The number of nitriles is 1. The van der Waals surface area contributed by atoms with Gasteiger partial charge in [0.25, 0.3) is 0 Å². The van der Waals surface area contributed by atoms with Gasteiger partial charge in [-0.25, -0.2) is 4.79 Å². The molecule has 0 aliphatic heterocycles. The summed E-state index contributed by atoms with van der Waals surface area (Å²) in [5, 5.41) is 26.7. The Morgan fingerprint density at radius 2 is 2.00 bits per heavy atom. The van der Waals surface area contributed by atoms with Crippen LogP contribution in [0, 0.1) is 11.3 Å². The summed E-state index contributed by atoms with van der Waals surface area (Å²) in [5.41, 5.74) is 0.863. The van der Waals surface area contributed by atoms with E-state index >= 15 is 0 Å². The molecule has 1 rings (SSSR count). The standard InChI is InChI=1S/C14H16N2O4/c15-9-11-4-6-12(7-5-11)16(10-18)13(14(19)20)3-1-2-8-17/h4-7,10,13,17H,1-3,8H2,(H,19,20)/t13-/m0/s1. The van der Waals surface area contributed by atoms with Gasteiger partial charge >= 0.3 is 5.97 Å². The van der Waals surface area contributed by atoms with Gasteiger partial charge in [0.1, 0.15) is 6.04 Å². The van der Waals surface area contributed by atoms with E-state index in [0.717, 1.165) is 4.90 Å². The first kappa shape index (κ1) is 15.7. The van der Waals surface area contributed by atoms with Gasteiger partial charge in [0.2, 0.25) is 6.41 Å². The number of hydrogen-bond acceptors (Lipinski definition) is 4. The lowest BCUT2D eigenvalue weighted by Gasteiger charge is -2.25. The van der Waals surface area contributed by atoms with Crippen LogP contribution < -0.4 is 4.90 Å². The van der Waals surface area contributed by atoms with Gasteiger partial charge in [0, 0.05) is 12.3 Å². The van der Waals surface area contributed by atoms with Gasteiger partial charge in [-0.2, -0.15) is 5.26 Å². The first-order chi connectivity index (χ1) is 9.63. The first-order valence-electron chi connectivity index (χ1n) is 6.21. The second kappa shape index (κ2) is 7.92. The molecule has 0 saturated heterocycles. The monoisotopic (exact) mass is 276 g/mol. The number of carboxylic acids is 1. The smallest absolute Gasteiger partial charge is 0.326 e. The van der Waals surface area contributed by atoms with Crippen LogP contribution in [0.25, 0.3) is 0 Å². The summed E-state index contributed by atoms with van der Waals surface area (Å²) in [6.45, 7) is -0.00963. The SMILES string of the molecule is N#Cc1ccc(N(C=O)[C@@H](CCCCO)C(=O)O)cc1. The Balaban J connectivity index is 2.91. The number of aliphatic hydroxyl groups is 1. The highest BCUT2D eigenvalue weighted by molar-refractivity contribution is 5.88. The summed E-state index contributed by atoms with van der Waals surface area (Å²) in [7, 11) is 0. The fourth-order valence-corrected chi connectivity index (χ4v) is 1.85. The fraction of sp³-hybridized carbons (Fsp3) is 0.357. The van der Waals surface area contributed by atoms with Crippen molar-refractivity contribution in [2.75, 3.05) is 11.5 Å². The van der Waals surface area contributed by atoms with E-state index in [9.17, 15) is 14.7 Å². The van der Waals surface area contributed by atoms with Crippen molar-refractivity contribution in [2.24, 2.45) is 0 Å². The van der Waals surface area contributed by atoms with E-state index in [-0.39, 0.29) is 13.0 Å². The molecule has 106 valence electrons. The van der Waals surface area contributed by atoms with Gasteiger partial charge in [-0.05, 0) is 43.5 Å². The van der Waals surface area contributed by atoms with E-state index in [4.69, 9.17) is 10.4 Å². The molecule has 0 radical (unpaired) electrons. The predicted molar refractivity (Wildman–Crippen MR) is 72.1 cm³/mol. The lowest BCUT2D eigenvalue weighted by atomic mass is 10.1. The van der Waals surface area contributed by atoms with Crippen molar-refractivity contribution in [2.45, 2.75) is 25.3 Å². The minimum absolute atomic E-state index is 0.00963. The van der Waals surface area contributed by atoms with Crippen LogP contribution in [0.5, 0.6) is 0 Å². The summed E-state index contributed by atoms with van der Waals surface area (Å²) in [6.07, 6.45) is 1.73. The van der Waals surface area contributed by atoms with Crippen LogP contribution >= 0.6 is 0 Å². The van der Waals surface area contributed by atoms with Crippen molar-refractivity contribution in [3.8, 4) is 6.07 Å². The Morgan fingerprint density at radius 3 is 2.45 bits per heavy atom. The van der Waals surface area contributed by atoms with Crippen molar-refractivity contribution < 1.29 is 19.8 Å². The van der Waals surface area contributed by atoms with Gasteiger partial charge in [-0.1, -0.05) is 0 Å². The lowest BCUT2D eigenvalue weighted by molar-refractivity contribution is -0.139. The fourth-order valence-electron chi connectivity index (χ4n) is 1.85. The predicted octanol–water partition coefficient (Wildman–Crippen LogP) is 1.14. The Bertz CT molecular complexity index is 493. The number of nitrogens with zero attached hydrogens (tertiary/aromatic N) is 2. The number of rotatable bonds is 8. The van der Waals surface area contributed by atoms with Crippen LogP contribution in [0.15, 0.2) is 24.3 Å². The highest BCUT2D eigenvalue weighted by Gasteiger charge is 2.25. The maximum Gasteiger partial charge on any atom is 0.326 e. The second-order valence-corrected chi connectivity index (χ2v) is 4.24. The van der Waals surface area contributed by atoms with Crippen LogP contribution in [0.3, 0.4) is 0 Å². The van der Waals surface area contributed by atoms with E-state index in [1.165, 1.54) is 24.3 Å². The average Bonchev–Trinajstić information content (AvgIpc) is 2.47. The van der Waals surface area contributed by atoms with Gasteiger partial charge in [-0.3, -0.25) is 4.79 Å². The summed E-state index contributed by atoms with van der Waals surface area (Å²) >= 11 is 0. The molecule has 0 saturated carbocycles. The quantitative estimate of drug-likeness (QED) is 0.547. The zero-order valence-electron chi connectivity index (χ0n) is 10.9. The zero-order chi connectivity index (χ0) is 15.0. The highest BCUT2D eigenvalue weighted by atomic mass is 16.4. The second-order valence-electron chi connectivity index (χ2n) is 4.24. The molecule has 1 amide bonds. The summed E-state index contributed by atoms with van der Waals surface area (Å²) < 4.78 is 0. The van der Waals surface area contributed by atoms with Crippen molar-refractivity contribution >= 4 is 18.1 Å². The number of amides is 1. The molecule has 0 aliphatic carbocycles. The largest absolute Gasteiger partial charge is 0.480 e. The number of hydrogen-bond donors (Lipinski definition) is 2. The summed E-state index contributed by atoms with van der Waals surface area (Å²) in [6, 6.07) is 7.10. The highest BCUT2D eigenvalue weighted by Crippen LogP contribution is 2.19. The Hall–Kier alpha value is -2.39. The van der Waals surface area contributed by atoms with Crippen LogP contribution in [0.1, 0.15) is 24.8 Å². The Morgan fingerprint density at radius 1 is 1.35 bits per heavy atom. The third-order valence-electron chi connectivity index (χ3n) is 2.91. The van der Waals surface area contributed by atoms with Gasteiger partial charge < -0.3 is 15.1 Å². The molecule has 1 aromatic carbocycles. The number of carbonyl (C=O) groups is 2. The molecule has 0 fully saturated rings. The van der Waals surface area contributed by atoms with Crippen LogP contribution in [-0.4, -0.2) is 35.2 Å². The molecule has 20 heavy (non-hydrogen) atoms. The summed E-state index contributed by atoms with van der Waals surface area (Å²) in [4.78, 5) is 23.6. The number of benzene rings is 1. The number of carbonyl (C=O) groups excluding carboxylic acids is 1. The van der Waals surface area contributed by atoms with Crippen molar-refractivity contribution in [3.05, 3.63) is 29.8 Å². The van der Waals surface area contributed by atoms with Crippen molar-refractivity contribution in [3.63, 3.8) is 0 Å². The maximum atomic E-state index is 11.3. The number of aliphatic carboxylic acids is 1. The van der Waals surface area contributed by atoms with Gasteiger partial charge in [0.15, 0.2) is 0 Å². The average molecular weight is 276 g/mol. The van der Waals surface area contributed by atoms with Gasteiger partial charge in [-0.15, -0.1) is 0 Å². The number of aliphatic hydroxyl groups excluding tert-OH is 1. The van der Waals surface area contributed by atoms with E-state index in [1.54, 1.807) is 0 Å². The lowest BCUT2D eigenvalue weighted by Crippen LogP contribution is -2.40. The van der Waals surface area contributed by atoms with Crippen molar-refractivity contribution in [1.29, 1.82) is 5.26 Å². The molecule has 6 nitrogen and oxygen atoms in total. The van der Waals surface area contributed by atoms with E-state index in [2.05, 4.69) is 0 Å². The molecule has 0 unspecified atom stereocenters. The zero-order valence-corrected chi connectivity index (χ0v) is 10.9. The molecule has 1 atom stereocenters. The van der Waals surface area contributed by atoms with Crippen LogP contribution in [0.4, 0.5) is 5.69 Å². The molecular weight excluding hydrogens is 260 g/mol. The first-order valence-corrected chi connectivity index (χ1v) is 6.21. The molecule has 0 heterocycles. The molecule has 0 aliphatic rings. The molecule has 0 spiro atoms. The van der Waals surface area contributed by atoms with E-state index in [0.29, 0.717) is 30.5 Å². The van der Waals surface area contributed by atoms with E-state index in [1.807, 2.05) is 6.07 Å². The number of anilines is 1. The van der Waals surface area contributed by atoms with Crippen molar-refractivity contribution in [1.82, 2.24) is 0 Å². The third kappa shape index (κ3) is 4.07. The molecular formula is C14H16N2O4. The minimum Gasteiger partial charge on any atom is -0.480 e. The molecule has 2 N–H and O–H groups in total. The Labute approximate surface area is 116 Å². The molecule has 6 heteroatoms. The minimum atomic E-state index is -1.10. The molecule has 1 aromatic rings. The van der Waals surface area contributed by atoms with Crippen LogP contribution in [-0.2, 0) is 9.59 Å². The normalized spacial score (nSPS) is 11.4. The van der Waals surface area contributed by atoms with Gasteiger partial charge in [0.05, 0.1) is 11.6 Å². The van der Waals surface area contributed by atoms with E-state index < -0.39 is 12.0 Å². The molecule has 0 aromatic heterocycles. The number of unbranched alkanes of at least 4 members (excludes halogenated alkanes) is 1. The maximum absolute atomic E-state index is 11.3. The molecule has 0 bridgehead atoms. The Kier molecular flexibility index (Phi) is 6.20. The number of carboxylic acid groups (broad SMARTS) is 1. The summed E-state index contributed by atoms with van der Waals surface area (Å²) in [5.74, 6) is -1.10. The third-order valence-corrected chi connectivity index (χ3v) is 2.91.